The third-order valence-corrected chi connectivity index (χ3v) is 4.31. The van der Waals surface area contributed by atoms with Crippen molar-refractivity contribution in [3.8, 4) is 17.2 Å². The van der Waals surface area contributed by atoms with Gasteiger partial charge >= 0.3 is 0 Å². The molecule has 0 heterocycles. The molecule has 0 spiro atoms. The molecule has 2 rings (SSSR count). The topological polar surface area (TPSA) is 56.8 Å². The van der Waals surface area contributed by atoms with Gasteiger partial charge in [0.25, 0.3) is 5.91 Å². The molecule has 1 amide bonds. The zero-order chi connectivity index (χ0) is 19.3. The van der Waals surface area contributed by atoms with E-state index in [0.717, 1.165) is 11.1 Å². The number of hydrogen-bond acceptors (Lipinski definition) is 4. The maximum atomic E-state index is 12.5. The lowest BCUT2D eigenvalue weighted by atomic mass is 10.1. The number of carbonyl (C=O) groups excluding carboxylic acids is 1. The fourth-order valence-corrected chi connectivity index (χ4v) is 2.80. The Morgan fingerprint density at radius 3 is 2.35 bits per heavy atom. The molecular formula is C20H24ClNO4. The molecule has 26 heavy (non-hydrogen) atoms. The van der Waals surface area contributed by atoms with Gasteiger partial charge in [-0.05, 0) is 62.7 Å². The Balaban J connectivity index is 2.08. The molecule has 2 aromatic rings. The summed E-state index contributed by atoms with van der Waals surface area (Å²) in [5.74, 6) is 1.78. The number of nitrogens with one attached hydrogen (secondary N) is 1. The molecule has 0 radical (unpaired) electrons. The summed E-state index contributed by atoms with van der Waals surface area (Å²) in [6, 6.07) is 10.5. The maximum absolute atomic E-state index is 12.5. The largest absolute Gasteiger partial charge is 0.497 e. The monoisotopic (exact) mass is 377 g/mol. The molecule has 2 unspecified atom stereocenters. The highest BCUT2D eigenvalue weighted by molar-refractivity contribution is 6.30. The van der Waals surface area contributed by atoms with Crippen LogP contribution in [0.3, 0.4) is 0 Å². The summed E-state index contributed by atoms with van der Waals surface area (Å²) in [4.78, 5) is 12.5. The molecule has 140 valence electrons. The first kappa shape index (κ1) is 19.9. The minimum Gasteiger partial charge on any atom is -0.497 e. The summed E-state index contributed by atoms with van der Waals surface area (Å²) in [6.45, 7) is 5.48. The van der Waals surface area contributed by atoms with Crippen LogP contribution in [0.25, 0.3) is 0 Å². The second-order valence-corrected chi connectivity index (χ2v) is 6.44. The standard InChI is InChI=1S/C20H24ClNO4/c1-12-10-15(21)6-8-18(12)26-14(3)20(23)22-13(2)17-11-16(24-4)7-9-19(17)25-5/h6-11,13-14H,1-5H3,(H,22,23). The average Bonchev–Trinajstić information content (AvgIpc) is 2.63. The fraction of sp³-hybridized carbons (Fsp3) is 0.350. The normalized spacial score (nSPS) is 12.8. The van der Waals surface area contributed by atoms with Gasteiger partial charge in [-0.3, -0.25) is 4.79 Å². The van der Waals surface area contributed by atoms with Crippen molar-refractivity contribution in [3.05, 3.63) is 52.5 Å². The van der Waals surface area contributed by atoms with E-state index in [1.165, 1.54) is 0 Å². The van der Waals surface area contributed by atoms with Gasteiger partial charge < -0.3 is 19.5 Å². The first-order valence-electron chi connectivity index (χ1n) is 8.30. The highest BCUT2D eigenvalue weighted by atomic mass is 35.5. The number of aryl methyl sites for hydroxylation is 1. The van der Waals surface area contributed by atoms with Crippen LogP contribution in [-0.4, -0.2) is 26.2 Å². The molecule has 5 nitrogen and oxygen atoms in total. The van der Waals surface area contributed by atoms with Crippen molar-refractivity contribution >= 4 is 17.5 Å². The van der Waals surface area contributed by atoms with Gasteiger partial charge in [0.05, 0.1) is 20.3 Å². The van der Waals surface area contributed by atoms with Crippen molar-refractivity contribution in [2.24, 2.45) is 0 Å². The van der Waals surface area contributed by atoms with Crippen LogP contribution in [-0.2, 0) is 4.79 Å². The molecule has 0 aliphatic carbocycles. The number of methoxy groups -OCH3 is 2. The quantitative estimate of drug-likeness (QED) is 0.781. The lowest BCUT2D eigenvalue weighted by Gasteiger charge is -2.21. The Bertz CT molecular complexity index is 778. The number of benzene rings is 2. The first-order valence-corrected chi connectivity index (χ1v) is 8.68. The van der Waals surface area contributed by atoms with Crippen LogP contribution in [0.5, 0.6) is 17.2 Å². The third-order valence-electron chi connectivity index (χ3n) is 4.07. The smallest absolute Gasteiger partial charge is 0.261 e. The van der Waals surface area contributed by atoms with Gasteiger partial charge in [0.1, 0.15) is 17.2 Å². The van der Waals surface area contributed by atoms with Crippen molar-refractivity contribution in [1.29, 1.82) is 0 Å². The van der Waals surface area contributed by atoms with E-state index in [2.05, 4.69) is 5.32 Å². The predicted molar refractivity (Wildman–Crippen MR) is 102 cm³/mol. The zero-order valence-electron chi connectivity index (χ0n) is 15.6. The maximum Gasteiger partial charge on any atom is 0.261 e. The molecule has 1 N–H and O–H groups in total. The van der Waals surface area contributed by atoms with E-state index in [9.17, 15) is 4.79 Å². The molecular weight excluding hydrogens is 354 g/mol. The summed E-state index contributed by atoms with van der Waals surface area (Å²) in [6.07, 6.45) is -0.658. The molecule has 2 aromatic carbocycles. The Morgan fingerprint density at radius 1 is 1.04 bits per heavy atom. The van der Waals surface area contributed by atoms with Crippen LogP contribution >= 0.6 is 11.6 Å². The SMILES string of the molecule is COc1ccc(OC)c(C(C)NC(=O)C(C)Oc2ccc(Cl)cc2C)c1. The highest BCUT2D eigenvalue weighted by Gasteiger charge is 2.20. The van der Waals surface area contributed by atoms with Gasteiger partial charge in [0, 0.05) is 10.6 Å². The van der Waals surface area contributed by atoms with Gasteiger partial charge in [0.2, 0.25) is 0 Å². The van der Waals surface area contributed by atoms with Gasteiger partial charge in [0.15, 0.2) is 6.10 Å². The van der Waals surface area contributed by atoms with Gasteiger partial charge in [-0.2, -0.15) is 0 Å². The highest BCUT2D eigenvalue weighted by Crippen LogP contribution is 2.29. The van der Waals surface area contributed by atoms with Gasteiger partial charge in [-0.25, -0.2) is 0 Å². The number of hydrogen-bond donors (Lipinski definition) is 1. The van der Waals surface area contributed by atoms with Crippen molar-refractivity contribution in [2.45, 2.75) is 32.9 Å². The molecule has 6 heteroatoms. The molecule has 0 saturated carbocycles. The van der Waals surface area contributed by atoms with E-state index < -0.39 is 6.10 Å². The number of carbonyl (C=O) groups is 1. The lowest BCUT2D eigenvalue weighted by Crippen LogP contribution is -2.38. The van der Waals surface area contributed by atoms with Crippen LogP contribution in [0, 0.1) is 6.92 Å². The molecule has 0 saturated heterocycles. The number of ether oxygens (including phenoxy) is 3. The van der Waals surface area contributed by atoms with E-state index in [4.69, 9.17) is 25.8 Å². The lowest BCUT2D eigenvalue weighted by molar-refractivity contribution is -0.127. The fourth-order valence-electron chi connectivity index (χ4n) is 2.58. The second kappa shape index (κ2) is 8.81. The van der Waals surface area contributed by atoms with E-state index in [1.54, 1.807) is 39.3 Å². The minimum atomic E-state index is -0.658. The molecule has 0 aliphatic heterocycles. The second-order valence-electron chi connectivity index (χ2n) is 6.01. The minimum absolute atomic E-state index is 0.225. The van der Waals surface area contributed by atoms with Gasteiger partial charge in [-0.1, -0.05) is 11.6 Å². The molecule has 0 bridgehead atoms. The predicted octanol–water partition coefficient (Wildman–Crippen LogP) is 4.31. The third kappa shape index (κ3) is 4.82. The van der Waals surface area contributed by atoms with E-state index in [1.807, 2.05) is 32.0 Å². The molecule has 0 aromatic heterocycles. The molecule has 0 fully saturated rings. The molecule has 2 atom stereocenters. The van der Waals surface area contributed by atoms with Crippen LogP contribution in [0.15, 0.2) is 36.4 Å². The van der Waals surface area contributed by atoms with Crippen molar-refractivity contribution < 1.29 is 19.0 Å². The van der Waals surface area contributed by atoms with E-state index >= 15 is 0 Å². The van der Waals surface area contributed by atoms with Crippen molar-refractivity contribution in [1.82, 2.24) is 5.32 Å². The first-order chi connectivity index (χ1) is 12.3. The average molecular weight is 378 g/mol. The van der Waals surface area contributed by atoms with E-state index in [-0.39, 0.29) is 11.9 Å². The van der Waals surface area contributed by atoms with Crippen LogP contribution < -0.4 is 19.5 Å². The summed E-state index contributed by atoms with van der Waals surface area (Å²) in [7, 11) is 3.19. The van der Waals surface area contributed by atoms with Crippen molar-refractivity contribution in [3.63, 3.8) is 0 Å². The Hall–Kier alpha value is -2.40. The van der Waals surface area contributed by atoms with Crippen LogP contribution in [0.4, 0.5) is 0 Å². The van der Waals surface area contributed by atoms with Crippen LogP contribution in [0.1, 0.15) is 31.0 Å². The Kier molecular flexibility index (Phi) is 6.75. The zero-order valence-corrected chi connectivity index (χ0v) is 16.4. The van der Waals surface area contributed by atoms with E-state index in [0.29, 0.717) is 22.3 Å². The summed E-state index contributed by atoms with van der Waals surface area (Å²) in [5, 5.41) is 3.58. The Labute approximate surface area is 159 Å². The summed E-state index contributed by atoms with van der Waals surface area (Å²) >= 11 is 5.95. The Morgan fingerprint density at radius 2 is 1.73 bits per heavy atom. The van der Waals surface area contributed by atoms with Crippen molar-refractivity contribution in [2.75, 3.05) is 14.2 Å². The number of halogens is 1. The van der Waals surface area contributed by atoms with Gasteiger partial charge in [-0.15, -0.1) is 0 Å². The van der Waals surface area contributed by atoms with Crippen LogP contribution in [0.2, 0.25) is 5.02 Å². The molecule has 0 aliphatic rings. The number of rotatable bonds is 7. The number of amides is 1. The summed E-state index contributed by atoms with van der Waals surface area (Å²) < 4.78 is 16.4. The summed E-state index contributed by atoms with van der Waals surface area (Å²) in [5.41, 5.74) is 1.70.